The van der Waals surface area contributed by atoms with E-state index < -0.39 is 11.7 Å². The van der Waals surface area contributed by atoms with Gasteiger partial charge in [0.2, 0.25) is 0 Å². The number of methoxy groups -OCH3 is 1. The maximum absolute atomic E-state index is 11.3. The molecule has 1 N–H and O–H groups in total. The minimum atomic E-state index is -0.582. The third kappa shape index (κ3) is 5.34. The topological polar surface area (TPSA) is 59.9 Å². The molecule has 0 aliphatic carbocycles. The molecular formula is C13H18N2O3. The van der Waals surface area contributed by atoms with Crippen molar-refractivity contribution in [1.82, 2.24) is 5.43 Å². The number of nitrogens with zero attached hydrogens (tertiary/aromatic N) is 1. The van der Waals surface area contributed by atoms with E-state index in [0.29, 0.717) is 0 Å². The monoisotopic (exact) mass is 250 g/mol. The summed E-state index contributed by atoms with van der Waals surface area (Å²) < 4.78 is 10.1. The lowest BCUT2D eigenvalue weighted by Crippen LogP contribution is -2.29. The first kappa shape index (κ1) is 14.0. The second kappa shape index (κ2) is 6.05. The van der Waals surface area contributed by atoms with Crippen molar-refractivity contribution in [3.05, 3.63) is 29.8 Å². The van der Waals surface area contributed by atoms with Crippen LogP contribution in [0.1, 0.15) is 26.3 Å². The maximum Gasteiger partial charge on any atom is 0.428 e. The van der Waals surface area contributed by atoms with E-state index in [9.17, 15) is 4.79 Å². The van der Waals surface area contributed by atoms with Crippen molar-refractivity contribution < 1.29 is 14.3 Å². The molecular weight excluding hydrogens is 232 g/mol. The van der Waals surface area contributed by atoms with Crippen LogP contribution in [0.15, 0.2) is 29.4 Å². The number of hydrazone groups is 1. The van der Waals surface area contributed by atoms with Crippen LogP contribution in [0.4, 0.5) is 4.79 Å². The Balaban J connectivity index is 2.52. The van der Waals surface area contributed by atoms with E-state index in [2.05, 4.69) is 10.5 Å². The van der Waals surface area contributed by atoms with Gasteiger partial charge < -0.3 is 9.47 Å². The Kier molecular flexibility index (Phi) is 4.71. The average Bonchev–Trinajstić information content (AvgIpc) is 2.27. The highest BCUT2D eigenvalue weighted by atomic mass is 16.6. The molecule has 0 saturated heterocycles. The maximum atomic E-state index is 11.3. The zero-order valence-corrected chi connectivity index (χ0v) is 11.1. The number of carbonyl (C=O) groups is 1. The summed E-state index contributed by atoms with van der Waals surface area (Å²) in [5, 5.41) is 3.80. The fourth-order valence-electron chi connectivity index (χ4n) is 1.18. The van der Waals surface area contributed by atoms with Crippen molar-refractivity contribution >= 4 is 12.3 Å². The van der Waals surface area contributed by atoms with Crippen LogP contribution in [0.25, 0.3) is 0 Å². The Bertz CT molecular complexity index is 436. The van der Waals surface area contributed by atoms with E-state index in [1.54, 1.807) is 33.9 Å². The fourth-order valence-corrected chi connectivity index (χ4v) is 1.18. The third-order valence-electron chi connectivity index (χ3n) is 1.86. The lowest BCUT2D eigenvalue weighted by atomic mass is 10.2. The van der Waals surface area contributed by atoms with Crippen LogP contribution >= 0.6 is 0 Å². The predicted molar refractivity (Wildman–Crippen MR) is 70.0 cm³/mol. The molecule has 5 nitrogen and oxygen atoms in total. The molecule has 0 aliphatic rings. The van der Waals surface area contributed by atoms with Crippen molar-refractivity contribution in [2.75, 3.05) is 7.11 Å². The highest BCUT2D eigenvalue weighted by Gasteiger charge is 2.15. The first-order chi connectivity index (χ1) is 8.40. The van der Waals surface area contributed by atoms with Gasteiger partial charge in [-0.05, 0) is 38.5 Å². The Morgan fingerprint density at radius 1 is 1.39 bits per heavy atom. The summed E-state index contributed by atoms with van der Waals surface area (Å²) in [6, 6.07) is 7.33. The van der Waals surface area contributed by atoms with Crippen LogP contribution in [0.5, 0.6) is 5.75 Å². The molecule has 0 heterocycles. The molecule has 5 heteroatoms. The van der Waals surface area contributed by atoms with Crippen molar-refractivity contribution in [1.29, 1.82) is 0 Å². The Hall–Kier alpha value is -2.04. The molecule has 1 aromatic rings. The highest BCUT2D eigenvalue weighted by Crippen LogP contribution is 2.10. The quantitative estimate of drug-likeness (QED) is 0.662. The van der Waals surface area contributed by atoms with Crippen LogP contribution in [0.2, 0.25) is 0 Å². The Morgan fingerprint density at radius 2 is 2.11 bits per heavy atom. The lowest BCUT2D eigenvalue weighted by molar-refractivity contribution is 0.0529. The molecule has 0 spiro atoms. The van der Waals surface area contributed by atoms with Gasteiger partial charge in [-0.15, -0.1) is 0 Å². The molecule has 1 aromatic carbocycles. The number of carbonyl (C=O) groups excluding carboxylic acids is 1. The zero-order chi connectivity index (χ0) is 13.6. The number of hydrogen-bond donors (Lipinski definition) is 1. The summed E-state index contributed by atoms with van der Waals surface area (Å²) in [5.41, 5.74) is 2.58. The summed E-state index contributed by atoms with van der Waals surface area (Å²) in [7, 11) is 1.59. The van der Waals surface area contributed by atoms with Gasteiger partial charge in [0.1, 0.15) is 11.4 Å². The molecule has 0 aliphatic heterocycles. The number of rotatable bonds is 3. The van der Waals surface area contributed by atoms with Gasteiger partial charge >= 0.3 is 6.09 Å². The van der Waals surface area contributed by atoms with Crippen molar-refractivity contribution in [2.24, 2.45) is 5.10 Å². The van der Waals surface area contributed by atoms with Gasteiger partial charge in [-0.25, -0.2) is 10.2 Å². The van der Waals surface area contributed by atoms with E-state index in [1.165, 1.54) is 6.21 Å². The predicted octanol–water partition coefficient (Wildman–Crippen LogP) is 2.55. The molecule has 1 amide bonds. The van der Waals surface area contributed by atoms with Gasteiger partial charge in [0.15, 0.2) is 0 Å². The SMILES string of the molecule is COc1cccc(/C=N\NC(=O)OC(C)(C)C)c1. The summed E-state index contributed by atoms with van der Waals surface area (Å²) in [4.78, 5) is 11.3. The number of ether oxygens (including phenoxy) is 2. The van der Waals surface area contributed by atoms with Crippen LogP contribution in [0, 0.1) is 0 Å². The summed E-state index contributed by atoms with van der Waals surface area (Å²) in [6.07, 6.45) is 0.938. The van der Waals surface area contributed by atoms with Crippen LogP contribution < -0.4 is 10.2 Å². The van der Waals surface area contributed by atoms with E-state index in [-0.39, 0.29) is 0 Å². The minimum absolute atomic E-state index is 0.532. The van der Waals surface area contributed by atoms with Gasteiger partial charge in [-0.2, -0.15) is 5.10 Å². The van der Waals surface area contributed by atoms with Crippen LogP contribution in [-0.4, -0.2) is 25.0 Å². The second-order valence-corrected chi connectivity index (χ2v) is 4.65. The summed E-state index contributed by atoms with van der Waals surface area (Å²) >= 11 is 0. The molecule has 18 heavy (non-hydrogen) atoms. The van der Waals surface area contributed by atoms with Gasteiger partial charge in [0.25, 0.3) is 0 Å². The minimum Gasteiger partial charge on any atom is -0.497 e. The Morgan fingerprint density at radius 3 is 2.72 bits per heavy atom. The van der Waals surface area contributed by atoms with E-state index >= 15 is 0 Å². The van der Waals surface area contributed by atoms with Crippen LogP contribution in [0.3, 0.4) is 0 Å². The molecule has 98 valence electrons. The number of hydrogen-bond acceptors (Lipinski definition) is 4. The van der Waals surface area contributed by atoms with Crippen molar-refractivity contribution in [3.63, 3.8) is 0 Å². The normalized spacial score (nSPS) is 11.3. The number of amides is 1. The number of nitrogens with one attached hydrogen (secondary N) is 1. The van der Waals surface area contributed by atoms with Gasteiger partial charge in [0, 0.05) is 0 Å². The van der Waals surface area contributed by atoms with Crippen molar-refractivity contribution in [2.45, 2.75) is 26.4 Å². The highest BCUT2D eigenvalue weighted by molar-refractivity contribution is 5.81. The summed E-state index contributed by atoms with van der Waals surface area (Å²) in [6.45, 7) is 5.37. The average molecular weight is 250 g/mol. The Labute approximate surface area is 107 Å². The molecule has 0 fully saturated rings. The first-order valence-electron chi connectivity index (χ1n) is 5.57. The zero-order valence-electron chi connectivity index (χ0n) is 11.1. The molecule has 0 saturated carbocycles. The van der Waals surface area contributed by atoms with Gasteiger partial charge in [-0.3, -0.25) is 0 Å². The number of benzene rings is 1. The molecule has 0 aromatic heterocycles. The van der Waals surface area contributed by atoms with Crippen LogP contribution in [-0.2, 0) is 4.74 Å². The fraction of sp³-hybridized carbons (Fsp3) is 0.385. The smallest absolute Gasteiger partial charge is 0.428 e. The van der Waals surface area contributed by atoms with E-state index in [4.69, 9.17) is 9.47 Å². The standard InChI is InChI=1S/C13H18N2O3/c1-13(2,3)18-12(16)15-14-9-10-6-5-7-11(8-10)17-4/h5-9H,1-4H3,(H,15,16)/b14-9-. The molecule has 0 radical (unpaired) electrons. The van der Waals surface area contributed by atoms with Gasteiger partial charge in [-0.1, -0.05) is 12.1 Å². The lowest BCUT2D eigenvalue weighted by Gasteiger charge is -2.18. The van der Waals surface area contributed by atoms with Gasteiger partial charge in [0.05, 0.1) is 13.3 Å². The molecule has 0 unspecified atom stereocenters. The van der Waals surface area contributed by atoms with Crippen molar-refractivity contribution in [3.8, 4) is 5.75 Å². The third-order valence-corrected chi connectivity index (χ3v) is 1.86. The molecule has 0 atom stereocenters. The summed E-state index contributed by atoms with van der Waals surface area (Å²) in [5.74, 6) is 0.733. The largest absolute Gasteiger partial charge is 0.497 e. The first-order valence-corrected chi connectivity index (χ1v) is 5.57. The molecule has 0 bridgehead atoms. The molecule has 1 rings (SSSR count). The van der Waals surface area contributed by atoms with E-state index in [0.717, 1.165) is 11.3 Å². The second-order valence-electron chi connectivity index (χ2n) is 4.65. The van der Waals surface area contributed by atoms with E-state index in [1.807, 2.05) is 18.2 Å².